The first-order chi connectivity index (χ1) is 5.77. The van der Waals surface area contributed by atoms with E-state index in [2.05, 4.69) is 6.92 Å². The minimum absolute atomic E-state index is 0.0966. The lowest BCUT2D eigenvalue weighted by molar-refractivity contribution is 0.0676. The zero-order valence-corrected chi connectivity index (χ0v) is 8.51. The van der Waals surface area contributed by atoms with Crippen LogP contribution in [0.5, 0.6) is 0 Å². The summed E-state index contributed by atoms with van der Waals surface area (Å²) in [5.74, 6) is 0. The summed E-state index contributed by atoms with van der Waals surface area (Å²) < 4.78 is 5.23. The number of nitrogens with two attached hydrogens (primary N) is 1. The molecule has 0 fully saturated rings. The van der Waals surface area contributed by atoms with Gasteiger partial charge in [-0.3, -0.25) is 0 Å². The Labute approximate surface area is 76.5 Å². The topological polar surface area (TPSA) is 35.2 Å². The molecule has 0 aliphatic rings. The van der Waals surface area contributed by atoms with E-state index in [4.69, 9.17) is 10.5 Å². The molecule has 0 aromatic carbocycles. The second-order valence-electron chi connectivity index (χ2n) is 3.34. The summed E-state index contributed by atoms with van der Waals surface area (Å²) in [5, 5.41) is 0. The Kier molecular flexibility index (Phi) is 8.95. The molecular formula is C10H23NO. The third-order valence-corrected chi connectivity index (χ3v) is 1.88. The van der Waals surface area contributed by atoms with Crippen LogP contribution in [0.1, 0.15) is 52.4 Å². The fourth-order valence-electron chi connectivity index (χ4n) is 1.15. The van der Waals surface area contributed by atoms with Gasteiger partial charge in [0.25, 0.3) is 0 Å². The van der Waals surface area contributed by atoms with Crippen molar-refractivity contribution in [2.24, 2.45) is 5.73 Å². The van der Waals surface area contributed by atoms with Gasteiger partial charge in [-0.15, -0.1) is 0 Å². The average Bonchev–Trinajstić information content (AvgIpc) is 2.02. The summed E-state index contributed by atoms with van der Waals surface area (Å²) in [6.07, 6.45) is 7.74. The molecule has 2 heteroatoms. The summed E-state index contributed by atoms with van der Waals surface area (Å²) in [6.45, 7) is 4.93. The van der Waals surface area contributed by atoms with E-state index in [-0.39, 0.29) is 6.23 Å². The van der Waals surface area contributed by atoms with Crippen LogP contribution in [-0.4, -0.2) is 12.8 Å². The molecule has 0 rings (SSSR count). The molecule has 74 valence electrons. The zero-order chi connectivity index (χ0) is 9.23. The Morgan fingerprint density at radius 2 is 1.67 bits per heavy atom. The summed E-state index contributed by atoms with van der Waals surface area (Å²) in [6, 6.07) is 0. The molecule has 0 aromatic heterocycles. The van der Waals surface area contributed by atoms with E-state index in [9.17, 15) is 0 Å². The van der Waals surface area contributed by atoms with E-state index >= 15 is 0 Å². The molecule has 0 aromatic rings. The highest BCUT2D eigenvalue weighted by Crippen LogP contribution is 2.04. The number of hydrogen-bond acceptors (Lipinski definition) is 2. The molecule has 12 heavy (non-hydrogen) atoms. The fraction of sp³-hybridized carbons (Fsp3) is 1.00. The molecular weight excluding hydrogens is 150 g/mol. The lowest BCUT2D eigenvalue weighted by Crippen LogP contribution is -2.19. The molecule has 0 saturated heterocycles. The summed E-state index contributed by atoms with van der Waals surface area (Å²) in [5.41, 5.74) is 5.43. The second kappa shape index (κ2) is 9.01. The van der Waals surface area contributed by atoms with Gasteiger partial charge in [-0.25, -0.2) is 0 Å². The van der Waals surface area contributed by atoms with Crippen LogP contribution in [0.4, 0.5) is 0 Å². The van der Waals surface area contributed by atoms with Gasteiger partial charge in [-0.2, -0.15) is 0 Å². The van der Waals surface area contributed by atoms with Crippen molar-refractivity contribution in [3.05, 3.63) is 0 Å². The first kappa shape index (κ1) is 11.9. The van der Waals surface area contributed by atoms with Crippen molar-refractivity contribution < 1.29 is 4.74 Å². The molecule has 0 bridgehead atoms. The minimum Gasteiger partial charge on any atom is -0.364 e. The summed E-state index contributed by atoms with van der Waals surface area (Å²) >= 11 is 0. The molecule has 0 aliphatic heterocycles. The van der Waals surface area contributed by atoms with Gasteiger partial charge in [0.05, 0.1) is 0 Å². The van der Waals surface area contributed by atoms with Gasteiger partial charge in [0, 0.05) is 6.61 Å². The van der Waals surface area contributed by atoms with Crippen molar-refractivity contribution >= 4 is 0 Å². The molecule has 0 aliphatic carbocycles. The fourth-order valence-corrected chi connectivity index (χ4v) is 1.15. The first-order valence-electron chi connectivity index (χ1n) is 5.14. The third-order valence-electron chi connectivity index (χ3n) is 1.88. The average molecular weight is 173 g/mol. The van der Waals surface area contributed by atoms with Gasteiger partial charge < -0.3 is 10.5 Å². The molecule has 2 N–H and O–H groups in total. The lowest BCUT2D eigenvalue weighted by Gasteiger charge is -2.06. The molecule has 0 amide bonds. The predicted octanol–water partition coefficient (Wildman–Crippen LogP) is 2.67. The number of rotatable bonds is 8. The Balaban J connectivity index is 2.82. The van der Waals surface area contributed by atoms with Crippen LogP contribution in [0.25, 0.3) is 0 Å². The maximum absolute atomic E-state index is 5.43. The van der Waals surface area contributed by atoms with Crippen LogP contribution in [0.2, 0.25) is 0 Å². The normalized spacial score (nSPS) is 13.2. The second-order valence-corrected chi connectivity index (χ2v) is 3.34. The number of ether oxygens (including phenoxy) is 1. The molecule has 0 spiro atoms. The Morgan fingerprint density at radius 1 is 1.08 bits per heavy atom. The predicted molar refractivity (Wildman–Crippen MR) is 53.0 cm³/mol. The molecule has 0 saturated carbocycles. The van der Waals surface area contributed by atoms with E-state index in [0.717, 1.165) is 13.0 Å². The first-order valence-corrected chi connectivity index (χ1v) is 5.14. The van der Waals surface area contributed by atoms with Crippen molar-refractivity contribution in [3.63, 3.8) is 0 Å². The van der Waals surface area contributed by atoms with Crippen molar-refractivity contribution in [1.82, 2.24) is 0 Å². The van der Waals surface area contributed by atoms with Gasteiger partial charge in [-0.05, 0) is 13.3 Å². The van der Waals surface area contributed by atoms with Crippen molar-refractivity contribution in [1.29, 1.82) is 0 Å². The standard InChI is InChI=1S/C10H23NO/c1-3-4-5-6-7-8-9-12-10(2)11/h10H,3-9,11H2,1-2H3. The molecule has 0 radical (unpaired) electrons. The van der Waals surface area contributed by atoms with Crippen LogP contribution in [0.15, 0.2) is 0 Å². The summed E-state index contributed by atoms with van der Waals surface area (Å²) in [4.78, 5) is 0. The molecule has 1 atom stereocenters. The van der Waals surface area contributed by atoms with Crippen LogP contribution in [-0.2, 0) is 4.74 Å². The van der Waals surface area contributed by atoms with Gasteiger partial charge in [0.2, 0.25) is 0 Å². The zero-order valence-electron chi connectivity index (χ0n) is 8.51. The quantitative estimate of drug-likeness (QED) is 0.452. The van der Waals surface area contributed by atoms with Gasteiger partial charge in [0.1, 0.15) is 6.23 Å². The number of unbranched alkanes of at least 4 members (excludes halogenated alkanes) is 5. The van der Waals surface area contributed by atoms with Crippen LogP contribution in [0, 0.1) is 0 Å². The monoisotopic (exact) mass is 173 g/mol. The maximum Gasteiger partial charge on any atom is 0.102 e. The van der Waals surface area contributed by atoms with Gasteiger partial charge >= 0.3 is 0 Å². The largest absolute Gasteiger partial charge is 0.364 e. The molecule has 2 nitrogen and oxygen atoms in total. The van der Waals surface area contributed by atoms with Crippen LogP contribution < -0.4 is 5.73 Å². The Bertz CT molecular complexity index is 83.9. The lowest BCUT2D eigenvalue weighted by atomic mass is 10.1. The third kappa shape index (κ3) is 9.92. The SMILES string of the molecule is CCCCCCCCOC(C)N. The Hall–Kier alpha value is -0.0800. The van der Waals surface area contributed by atoms with Crippen LogP contribution >= 0.6 is 0 Å². The molecule has 1 unspecified atom stereocenters. The summed E-state index contributed by atoms with van der Waals surface area (Å²) in [7, 11) is 0. The maximum atomic E-state index is 5.43. The number of hydrogen-bond donors (Lipinski definition) is 1. The van der Waals surface area contributed by atoms with E-state index < -0.39 is 0 Å². The van der Waals surface area contributed by atoms with E-state index in [0.29, 0.717) is 0 Å². The minimum atomic E-state index is -0.0966. The van der Waals surface area contributed by atoms with Crippen molar-refractivity contribution in [2.75, 3.05) is 6.61 Å². The van der Waals surface area contributed by atoms with E-state index in [1.54, 1.807) is 0 Å². The highest BCUT2D eigenvalue weighted by atomic mass is 16.5. The highest BCUT2D eigenvalue weighted by Gasteiger charge is 1.93. The van der Waals surface area contributed by atoms with E-state index in [1.165, 1.54) is 32.1 Å². The van der Waals surface area contributed by atoms with Gasteiger partial charge in [-0.1, -0.05) is 39.0 Å². The Morgan fingerprint density at radius 3 is 2.25 bits per heavy atom. The van der Waals surface area contributed by atoms with Crippen molar-refractivity contribution in [2.45, 2.75) is 58.6 Å². The smallest absolute Gasteiger partial charge is 0.102 e. The highest BCUT2D eigenvalue weighted by molar-refractivity contribution is 4.44. The molecule has 0 heterocycles. The van der Waals surface area contributed by atoms with Gasteiger partial charge in [0.15, 0.2) is 0 Å². The van der Waals surface area contributed by atoms with Crippen molar-refractivity contribution in [3.8, 4) is 0 Å². The van der Waals surface area contributed by atoms with Crippen LogP contribution in [0.3, 0.4) is 0 Å². The van der Waals surface area contributed by atoms with E-state index in [1.807, 2.05) is 6.92 Å².